The maximum absolute atomic E-state index is 14.3. The normalized spacial score (nSPS) is 18.2. The molecule has 1 saturated heterocycles. The second-order valence-corrected chi connectivity index (χ2v) is 11.7. The Morgan fingerprint density at radius 2 is 1.70 bits per heavy atom. The molecule has 0 aromatic heterocycles. The van der Waals surface area contributed by atoms with Crippen LogP contribution in [-0.2, 0) is 27.2 Å². The molecule has 1 heterocycles. The van der Waals surface area contributed by atoms with E-state index in [0.717, 1.165) is 33.0 Å². The van der Waals surface area contributed by atoms with E-state index >= 15 is 0 Å². The van der Waals surface area contributed by atoms with Crippen LogP contribution < -0.4 is 16.8 Å². The van der Waals surface area contributed by atoms with E-state index in [0.29, 0.717) is 19.4 Å². The second-order valence-electron chi connectivity index (χ2n) is 11.7. The number of rotatable bonds is 9. The van der Waals surface area contributed by atoms with Crippen LogP contribution in [-0.4, -0.2) is 70.7 Å². The van der Waals surface area contributed by atoms with Crippen LogP contribution in [0.5, 0.6) is 0 Å². The van der Waals surface area contributed by atoms with Crippen LogP contribution in [0.4, 0.5) is 0 Å². The molecule has 1 fully saturated rings. The van der Waals surface area contributed by atoms with Crippen molar-refractivity contribution in [1.82, 2.24) is 15.1 Å². The first-order valence-electron chi connectivity index (χ1n) is 15.0. The lowest BCUT2D eigenvalue weighted by Crippen LogP contribution is -2.66. The van der Waals surface area contributed by atoms with Gasteiger partial charge in [-0.1, -0.05) is 73.2 Å². The van der Waals surface area contributed by atoms with Crippen LogP contribution >= 0.6 is 0 Å². The molecule has 5 N–H and O–H groups in total. The number of nitrogens with zero attached hydrogens (tertiary/aromatic N) is 3. The molecule has 0 aliphatic carbocycles. The average Bonchev–Trinajstić information content (AvgIpc) is 2.96. The number of hydrogen-bond acceptors (Lipinski definition) is 4. The quantitative estimate of drug-likeness (QED) is 0.262. The van der Waals surface area contributed by atoms with E-state index in [1.165, 1.54) is 6.92 Å². The van der Waals surface area contributed by atoms with Gasteiger partial charge in [0.2, 0.25) is 17.7 Å². The van der Waals surface area contributed by atoms with Crippen molar-refractivity contribution in [3.05, 3.63) is 82.9 Å². The summed E-state index contributed by atoms with van der Waals surface area (Å²) in [6.07, 6.45) is 1.16. The average molecular weight is 585 g/mol. The molecule has 3 aromatic carbocycles. The zero-order chi connectivity index (χ0) is 31.3. The van der Waals surface area contributed by atoms with E-state index in [2.05, 4.69) is 22.4 Å². The van der Waals surface area contributed by atoms with Gasteiger partial charge in [-0.05, 0) is 54.7 Å². The van der Waals surface area contributed by atoms with Crippen molar-refractivity contribution in [2.45, 2.75) is 78.0 Å². The second kappa shape index (κ2) is 13.7. The molecule has 3 unspecified atom stereocenters. The zero-order valence-corrected chi connectivity index (χ0v) is 25.8. The minimum atomic E-state index is -0.773. The van der Waals surface area contributed by atoms with Crippen LogP contribution in [0.1, 0.15) is 49.4 Å². The summed E-state index contributed by atoms with van der Waals surface area (Å²) >= 11 is 0. The van der Waals surface area contributed by atoms with Crippen LogP contribution in [0, 0.1) is 13.8 Å². The van der Waals surface area contributed by atoms with Crippen molar-refractivity contribution < 1.29 is 14.4 Å². The molecule has 1 aliphatic heterocycles. The van der Waals surface area contributed by atoms with Crippen molar-refractivity contribution in [3.8, 4) is 0 Å². The number of nitrogens with one attached hydrogen (secondary N) is 1. The highest BCUT2D eigenvalue weighted by Crippen LogP contribution is 2.25. The SMILES string of the molecule is CC[C@H](N=C(N)N)C1CN(C(=O)Cc2ccc3ccccc3c2)C(C)CN1C(=O)C(Cc1ccc(C)cc1C)NC(C)=O. The highest BCUT2D eigenvalue weighted by Gasteiger charge is 2.42. The Kier molecular flexibility index (Phi) is 10.1. The van der Waals surface area contributed by atoms with Crippen molar-refractivity contribution in [2.75, 3.05) is 13.1 Å². The molecule has 4 rings (SSSR count). The van der Waals surface area contributed by atoms with Crippen molar-refractivity contribution >= 4 is 34.5 Å². The number of carbonyl (C=O) groups excluding carboxylic acids is 3. The highest BCUT2D eigenvalue weighted by molar-refractivity contribution is 5.89. The van der Waals surface area contributed by atoms with Gasteiger partial charge in [-0.2, -0.15) is 0 Å². The number of hydrogen-bond donors (Lipinski definition) is 3. The molecule has 9 nitrogen and oxygen atoms in total. The van der Waals surface area contributed by atoms with Gasteiger partial charge < -0.3 is 26.6 Å². The van der Waals surface area contributed by atoms with Gasteiger partial charge in [0.25, 0.3) is 0 Å². The van der Waals surface area contributed by atoms with E-state index < -0.39 is 18.1 Å². The third kappa shape index (κ3) is 7.71. The van der Waals surface area contributed by atoms with Gasteiger partial charge in [0.1, 0.15) is 6.04 Å². The summed E-state index contributed by atoms with van der Waals surface area (Å²) in [5.41, 5.74) is 15.7. The Hall–Kier alpha value is -4.40. The van der Waals surface area contributed by atoms with Crippen LogP contribution in [0.3, 0.4) is 0 Å². The molecule has 1 aliphatic rings. The summed E-state index contributed by atoms with van der Waals surface area (Å²) in [4.78, 5) is 48.3. The Balaban J connectivity index is 1.62. The zero-order valence-electron chi connectivity index (χ0n) is 25.8. The Morgan fingerprint density at radius 1 is 0.977 bits per heavy atom. The van der Waals surface area contributed by atoms with Gasteiger partial charge in [-0.15, -0.1) is 0 Å². The van der Waals surface area contributed by atoms with Crippen molar-refractivity contribution in [3.63, 3.8) is 0 Å². The largest absolute Gasteiger partial charge is 0.370 e. The van der Waals surface area contributed by atoms with E-state index in [1.54, 1.807) is 4.90 Å². The predicted molar refractivity (Wildman–Crippen MR) is 171 cm³/mol. The molecule has 0 saturated carbocycles. The third-order valence-electron chi connectivity index (χ3n) is 8.32. The smallest absolute Gasteiger partial charge is 0.245 e. The maximum atomic E-state index is 14.3. The first kappa shape index (κ1) is 31.5. The molecule has 0 radical (unpaired) electrons. The monoisotopic (exact) mass is 584 g/mol. The Labute approximate surface area is 254 Å². The Morgan fingerprint density at radius 3 is 2.35 bits per heavy atom. The molecule has 228 valence electrons. The predicted octanol–water partition coefficient (Wildman–Crippen LogP) is 3.23. The number of aryl methyl sites for hydroxylation is 2. The summed E-state index contributed by atoms with van der Waals surface area (Å²) in [5, 5.41) is 5.09. The minimum Gasteiger partial charge on any atom is -0.370 e. The summed E-state index contributed by atoms with van der Waals surface area (Å²) < 4.78 is 0. The number of carbonyl (C=O) groups is 3. The van der Waals surface area contributed by atoms with Gasteiger partial charge in [-0.25, -0.2) is 4.99 Å². The summed E-state index contributed by atoms with van der Waals surface area (Å²) in [7, 11) is 0. The summed E-state index contributed by atoms with van der Waals surface area (Å²) in [6.45, 7) is 9.94. The Bertz CT molecular complexity index is 1520. The number of aliphatic imine (C=N–C) groups is 1. The standard InChI is InChI=1S/C34H44N6O3/c1-6-29(38-34(35)36)31-20-39(32(42)17-25-12-14-26-9-7-8-10-28(26)16-25)23(4)19-40(31)33(43)30(37-24(5)41)18-27-13-11-21(2)15-22(27)3/h7-16,23,29-31H,6,17-20H2,1-5H3,(H,37,41)(H4,35,36,38)/t23?,29-,30?,31?/m0/s1. The van der Waals surface area contributed by atoms with Crippen LogP contribution in [0.15, 0.2) is 65.7 Å². The molecule has 3 aromatic rings. The lowest BCUT2D eigenvalue weighted by molar-refractivity contribution is -0.148. The van der Waals surface area contributed by atoms with Crippen LogP contribution in [0.25, 0.3) is 10.8 Å². The molecule has 4 atom stereocenters. The van der Waals surface area contributed by atoms with Crippen molar-refractivity contribution in [1.29, 1.82) is 0 Å². The highest BCUT2D eigenvalue weighted by atomic mass is 16.2. The van der Waals surface area contributed by atoms with Crippen LogP contribution in [0.2, 0.25) is 0 Å². The van der Waals surface area contributed by atoms with Crippen molar-refractivity contribution in [2.24, 2.45) is 16.5 Å². The lowest BCUT2D eigenvalue weighted by Gasteiger charge is -2.48. The minimum absolute atomic E-state index is 0.0203. The molecule has 9 heteroatoms. The lowest BCUT2D eigenvalue weighted by atomic mass is 9.94. The number of fused-ring (bicyclic) bond motifs is 1. The first-order chi connectivity index (χ1) is 20.5. The number of amides is 3. The fraction of sp³-hybridized carbons (Fsp3) is 0.412. The molecular weight excluding hydrogens is 540 g/mol. The van der Waals surface area contributed by atoms with Gasteiger partial charge >= 0.3 is 0 Å². The number of nitrogens with two attached hydrogens (primary N) is 2. The fourth-order valence-corrected chi connectivity index (χ4v) is 6.14. The van der Waals surface area contributed by atoms with E-state index in [1.807, 2.05) is 81.1 Å². The van der Waals surface area contributed by atoms with Gasteiger partial charge in [0.05, 0.1) is 18.5 Å². The fourth-order valence-electron chi connectivity index (χ4n) is 6.14. The molecule has 43 heavy (non-hydrogen) atoms. The van der Waals surface area contributed by atoms with E-state index in [-0.39, 0.29) is 42.7 Å². The maximum Gasteiger partial charge on any atom is 0.245 e. The van der Waals surface area contributed by atoms with Gasteiger partial charge in [0, 0.05) is 32.5 Å². The summed E-state index contributed by atoms with van der Waals surface area (Å²) in [5.74, 6) is -0.584. The number of piperazine rings is 1. The van der Waals surface area contributed by atoms with E-state index in [9.17, 15) is 14.4 Å². The number of guanidine groups is 1. The molecular formula is C34H44N6O3. The molecule has 0 bridgehead atoms. The first-order valence-corrected chi connectivity index (χ1v) is 15.0. The number of benzene rings is 3. The molecule has 0 spiro atoms. The topological polar surface area (TPSA) is 134 Å². The van der Waals surface area contributed by atoms with Gasteiger partial charge in [0.15, 0.2) is 5.96 Å². The third-order valence-corrected chi connectivity index (χ3v) is 8.32. The summed E-state index contributed by atoms with van der Waals surface area (Å²) in [6, 6.07) is 18.3. The molecule has 3 amide bonds. The van der Waals surface area contributed by atoms with Gasteiger partial charge in [-0.3, -0.25) is 14.4 Å². The van der Waals surface area contributed by atoms with E-state index in [4.69, 9.17) is 11.5 Å².